The maximum Gasteiger partial charge on any atom is 0.253 e. The van der Waals surface area contributed by atoms with Crippen molar-refractivity contribution in [1.29, 1.82) is 0 Å². The van der Waals surface area contributed by atoms with E-state index in [0.29, 0.717) is 36.2 Å². The molecule has 2 fully saturated rings. The van der Waals surface area contributed by atoms with Crippen LogP contribution in [0.1, 0.15) is 35.2 Å². The van der Waals surface area contributed by atoms with Gasteiger partial charge < -0.3 is 4.90 Å². The summed E-state index contributed by atoms with van der Waals surface area (Å²) in [6.07, 6.45) is 6.29. The van der Waals surface area contributed by atoms with Gasteiger partial charge in [-0.15, -0.1) is 0 Å². The Hall–Kier alpha value is -2.34. The van der Waals surface area contributed by atoms with Crippen molar-refractivity contribution in [3.05, 3.63) is 65.5 Å². The van der Waals surface area contributed by atoms with Crippen molar-refractivity contribution >= 4 is 5.91 Å². The summed E-state index contributed by atoms with van der Waals surface area (Å²) in [7, 11) is 0. The molecular weight excluding hydrogens is 348 g/mol. The van der Waals surface area contributed by atoms with Crippen LogP contribution in [0.5, 0.6) is 0 Å². The number of nitrogens with zero attached hydrogens (tertiary/aromatic N) is 3. The van der Waals surface area contributed by atoms with Gasteiger partial charge in [-0.2, -0.15) is 0 Å². The third-order valence-corrected chi connectivity index (χ3v) is 5.71. The van der Waals surface area contributed by atoms with E-state index in [1.807, 2.05) is 4.90 Å². The number of pyridine rings is 1. The van der Waals surface area contributed by atoms with E-state index in [0.717, 1.165) is 38.4 Å². The second-order valence-corrected chi connectivity index (χ2v) is 7.49. The fourth-order valence-corrected chi connectivity index (χ4v) is 4.50. The number of fused-ring (bicyclic) bond motifs is 1. The first-order valence-electron chi connectivity index (χ1n) is 9.48. The predicted molar refractivity (Wildman–Crippen MR) is 98.0 cm³/mol. The summed E-state index contributed by atoms with van der Waals surface area (Å²) in [6, 6.07) is 7.58. The van der Waals surface area contributed by atoms with E-state index in [-0.39, 0.29) is 5.91 Å². The van der Waals surface area contributed by atoms with Crippen molar-refractivity contribution < 1.29 is 13.6 Å². The lowest BCUT2D eigenvalue weighted by molar-refractivity contribution is 0.0174. The van der Waals surface area contributed by atoms with Crippen LogP contribution in [0.3, 0.4) is 0 Å². The minimum atomic E-state index is -0.531. The van der Waals surface area contributed by atoms with Crippen LogP contribution in [-0.2, 0) is 6.54 Å². The van der Waals surface area contributed by atoms with Gasteiger partial charge in [0.1, 0.15) is 11.6 Å². The molecule has 2 atom stereocenters. The molecule has 1 aromatic carbocycles. The van der Waals surface area contributed by atoms with Crippen molar-refractivity contribution in [2.75, 3.05) is 19.6 Å². The highest BCUT2D eigenvalue weighted by Crippen LogP contribution is 2.32. The average molecular weight is 371 g/mol. The number of hydrogen-bond acceptors (Lipinski definition) is 3. The summed E-state index contributed by atoms with van der Waals surface area (Å²) < 4.78 is 27.0. The third-order valence-electron chi connectivity index (χ3n) is 5.71. The molecule has 1 aromatic heterocycles. The van der Waals surface area contributed by atoms with Crippen molar-refractivity contribution in [3.63, 3.8) is 0 Å². The number of piperidine rings is 2. The fraction of sp³-hybridized carbons (Fsp3) is 0.429. The van der Waals surface area contributed by atoms with Gasteiger partial charge in [-0.05, 0) is 61.6 Å². The van der Waals surface area contributed by atoms with Crippen LogP contribution in [0.4, 0.5) is 8.78 Å². The summed E-state index contributed by atoms with van der Waals surface area (Å²) in [5.41, 5.74) is 1.34. The number of hydrogen-bond donors (Lipinski definition) is 0. The monoisotopic (exact) mass is 371 g/mol. The summed E-state index contributed by atoms with van der Waals surface area (Å²) in [6.45, 7) is 2.92. The number of benzene rings is 1. The van der Waals surface area contributed by atoms with Crippen molar-refractivity contribution in [1.82, 2.24) is 14.8 Å². The van der Waals surface area contributed by atoms with Crippen molar-refractivity contribution in [2.45, 2.75) is 31.8 Å². The molecule has 1 amide bonds. The zero-order chi connectivity index (χ0) is 18.8. The number of halogens is 2. The molecule has 0 aliphatic carbocycles. The Labute approximate surface area is 157 Å². The Bertz CT molecular complexity index is 794. The highest BCUT2D eigenvalue weighted by Gasteiger charge is 2.37. The predicted octanol–water partition coefficient (Wildman–Crippen LogP) is 3.49. The second-order valence-electron chi connectivity index (χ2n) is 7.49. The van der Waals surface area contributed by atoms with Gasteiger partial charge in [0.15, 0.2) is 0 Å². The molecule has 0 spiro atoms. The highest BCUT2D eigenvalue weighted by atomic mass is 19.1. The fourth-order valence-electron chi connectivity index (χ4n) is 4.50. The molecule has 0 unspecified atom stereocenters. The van der Waals surface area contributed by atoms with E-state index in [1.54, 1.807) is 24.5 Å². The molecule has 2 saturated heterocycles. The van der Waals surface area contributed by atoms with Gasteiger partial charge in [0.2, 0.25) is 0 Å². The molecule has 0 N–H and O–H groups in total. The molecule has 4 nitrogen and oxygen atoms in total. The number of amides is 1. The van der Waals surface area contributed by atoms with Gasteiger partial charge in [0.25, 0.3) is 5.91 Å². The summed E-state index contributed by atoms with van der Waals surface area (Å²) >= 11 is 0. The third kappa shape index (κ3) is 4.00. The minimum absolute atomic E-state index is 0.0557. The molecule has 4 rings (SSSR count). The molecule has 2 aromatic rings. The Morgan fingerprint density at radius 2 is 1.81 bits per heavy atom. The molecule has 27 heavy (non-hydrogen) atoms. The van der Waals surface area contributed by atoms with Crippen LogP contribution in [0.15, 0.2) is 42.7 Å². The van der Waals surface area contributed by atoms with Crippen LogP contribution < -0.4 is 0 Å². The van der Waals surface area contributed by atoms with E-state index in [2.05, 4.69) is 9.88 Å². The van der Waals surface area contributed by atoms with Crippen LogP contribution in [0, 0.1) is 17.6 Å². The Balaban J connectivity index is 1.44. The largest absolute Gasteiger partial charge is 0.338 e. The first-order valence-corrected chi connectivity index (χ1v) is 9.48. The molecule has 142 valence electrons. The summed E-state index contributed by atoms with van der Waals surface area (Å²) in [4.78, 5) is 21.0. The van der Waals surface area contributed by atoms with Gasteiger partial charge >= 0.3 is 0 Å². The Kier molecular flexibility index (Phi) is 5.16. The Morgan fingerprint density at radius 1 is 1.07 bits per heavy atom. The van der Waals surface area contributed by atoms with E-state index >= 15 is 0 Å². The van der Waals surface area contributed by atoms with Crippen LogP contribution in [-0.4, -0.2) is 46.4 Å². The number of carbonyl (C=O) groups is 1. The topological polar surface area (TPSA) is 36.4 Å². The standard InChI is InChI=1S/C21H23F2N3O/c22-18-10-15(11-19(23)12-18)13-25-8-1-2-17-14-26(9-5-20(17)25)21(27)16-3-6-24-7-4-16/h3-4,6-7,10-12,17,20H,1-2,5,8-9,13-14H2/t17-,20+/m1/s1. The highest BCUT2D eigenvalue weighted by molar-refractivity contribution is 5.94. The van der Waals surface area contributed by atoms with Crippen molar-refractivity contribution in [2.24, 2.45) is 5.92 Å². The molecule has 0 saturated carbocycles. The molecule has 2 aliphatic heterocycles. The molecule has 0 bridgehead atoms. The first kappa shape index (κ1) is 18.0. The Morgan fingerprint density at radius 3 is 2.56 bits per heavy atom. The lowest BCUT2D eigenvalue weighted by Crippen LogP contribution is -2.54. The summed E-state index contributed by atoms with van der Waals surface area (Å²) in [5.74, 6) is -0.607. The zero-order valence-electron chi connectivity index (χ0n) is 15.2. The van der Waals surface area contributed by atoms with Gasteiger partial charge in [-0.25, -0.2) is 8.78 Å². The van der Waals surface area contributed by atoms with Gasteiger partial charge in [-0.1, -0.05) is 0 Å². The molecule has 6 heteroatoms. The smallest absolute Gasteiger partial charge is 0.253 e. The lowest BCUT2D eigenvalue weighted by Gasteiger charge is -2.47. The maximum absolute atomic E-state index is 13.5. The van der Waals surface area contributed by atoms with E-state index < -0.39 is 11.6 Å². The van der Waals surface area contributed by atoms with E-state index in [1.165, 1.54) is 12.1 Å². The first-order chi connectivity index (χ1) is 13.1. The van der Waals surface area contributed by atoms with Crippen LogP contribution in [0.25, 0.3) is 0 Å². The van der Waals surface area contributed by atoms with Crippen LogP contribution >= 0.6 is 0 Å². The SMILES string of the molecule is O=C(c1ccncc1)N1CC[C@H]2[C@H](CCCN2Cc2cc(F)cc(F)c2)C1. The minimum Gasteiger partial charge on any atom is -0.338 e. The van der Waals surface area contributed by atoms with E-state index in [9.17, 15) is 13.6 Å². The van der Waals surface area contributed by atoms with Crippen molar-refractivity contribution in [3.8, 4) is 0 Å². The number of aromatic nitrogens is 1. The van der Waals surface area contributed by atoms with Gasteiger partial charge in [-0.3, -0.25) is 14.7 Å². The van der Waals surface area contributed by atoms with Gasteiger partial charge in [0, 0.05) is 49.7 Å². The molecule has 0 radical (unpaired) electrons. The van der Waals surface area contributed by atoms with Crippen LogP contribution in [0.2, 0.25) is 0 Å². The summed E-state index contributed by atoms with van der Waals surface area (Å²) in [5, 5.41) is 0. The second kappa shape index (κ2) is 7.72. The van der Waals surface area contributed by atoms with Gasteiger partial charge in [0.05, 0.1) is 0 Å². The zero-order valence-corrected chi connectivity index (χ0v) is 15.2. The number of carbonyl (C=O) groups excluding carboxylic acids is 1. The maximum atomic E-state index is 13.5. The average Bonchev–Trinajstić information content (AvgIpc) is 2.67. The lowest BCUT2D eigenvalue weighted by atomic mass is 9.83. The quantitative estimate of drug-likeness (QED) is 0.829. The molecule has 2 aliphatic rings. The number of rotatable bonds is 3. The normalized spacial score (nSPS) is 23.1. The molecule has 3 heterocycles. The molecular formula is C21H23F2N3O. The number of likely N-dealkylation sites (tertiary alicyclic amines) is 2. The van der Waals surface area contributed by atoms with E-state index in [4.69, 9.17) is 0 Å².